The van der Waals surface area contributed by atoms with Gasteiger partial charge in [0, 0.05) is 23.8 Å². The maximum atomic E-state index is 4.83. The van der Waals surface area contributed by atoms with Crippen LogP contribution in [0.5, 0.6) is 0 Å². The van der Waals surface area contributed by atoms with Gasteiger partial charge < -0.3 is 5.32 Å². The highest BCUT2D eigenvalue weighted by Crippen LogP contribution is 2.29. The van der Waals surface area contributed by atoms with Gasteiger partial charge in [0.25, 0.3) is 0 Å². The van der Waals surface area contributed by atoms with Gasteiger partial charge >= 0.3 is 0 Å². The van der Waals surface area contributed by atoms with Crippen molar-refractivity contribution in [3.05, 3.63) is 17.0 Å². The van der Waals surface area contributed by atoms with Gasteiger partial charge in [0.2, 0.25) is 0 Å². The minimum atomic E-state index is 0.528. The van der Waals surface area contributed by atoms with E-state index in [2.05, 4.69) is 37.7 Å². The van der Waals surface area contributed by atoms with Crippen LogP contribution in [0, 0.1) is 13.8 Å². The molecule has 1 aromatic heterocycles. The molecular formula is C16H29N3. The summed E-state index contributed by atoms with van der Waals surface area (Å²) < 4.78 is 2.32. The third kappa shape index (κ3) is 3.59. The Kier molecular flexibility index (Phi) is 5.03. The lowest BCUT2D eigenvalue weighted by Gasteiger charge is -2.17. The summed E-state index contributed by atoms with van der Waals surface area (Å²) in [6.45, 7) is 9.72. The molecule has 1 N–H and O–H groups in total. The molecule has 0 bridgehead atoms. The van der Waals surface area contributed by atoms with Crippen molar-refractivity contribution >= 4 is 0 Å². The van der Waals surface area contributed by atoms with Crippen molar-refractivity contribution in [3.63, 3.8) is 0 Å². The van der Waals surface area contributed by atoms with Crippen LogP contribution >= 0.6 is 0 Å². The first-order valence-electron chi connectivity index (χ1n) is 7.87. The van der Waals surface area contributed by atoms with Crippen LogP contribution < -0.4 is 5.32 Å². The van der Waals surface area contributed by atoms with Crippen LogP contribution in [0.1, 0.15) is 75.4 Å². The highest BCUT2D eigenvalue weighted by Gasteiger charge is 2.19. The average molecular weight is 263 g/mol. The second-order valence-electron chi connectivity index (χ2n) is 6.27. The monoisotopic (exact) mass is 263 g/mol. The molecule has 1 fully saturated rings. The average Bonchev–Trinajstić information content (AvgIpc) is 2.59. The summed E-state index contributed by atoms with van der Waals surface area (Å²) in [7, 11) is 0. The molecule has 1 aromatic rings. The van der Waals surface area contributed by atoms with E-state index in [1.165, 1.54) is 55.5 Å². The zero-order chi connectivity index (χ0) is 13.8. The molecule has 0 aromatic carbocycles. The second kappa shape index (κ2) is 6.56. The van der Waals surface area contributed by atoms with Crippen LogP contribution in [-0.4, -0.2) is 15.8 Å². The summed E-state index contributed by atoms with van der Waals surface area (Å²) in [5, 5.41) is 8.35. The van der Waals surface area contributed by atoms with Crippen molar-refractivity contribution in [2.24, 2.45) is 0 Å². The number of aryl methyl sites for hydroxylation is 1. The molecule has 0 unspecified atom stereocenters. The van der Waals surface area contributed by atoms with E-state index in [1.54, 1.807) is 0 Å². The number of nitrogens with zero attached hydrogens (tertiary/aromatic N) is 2. The lowest BCUT2D eigenvalue weighted by Crippen LogP contribution is -2.22. The molecule has 2 rings (SSSR count). The molecular weight excluding hydrogens is 234 g/mol. The highest BCUT2D eigenvalue weighted by atomic mass is 15.3. The minimum absolute atomic E-state index is 0.528. The molecule has 3 heteroatoms. The number of aromatic nitrogens is 2. The van der Waals surface area contributed by atoms with E-state index in [-0.39, 0.29) is 0 Å². The van der Waals surface area contributed by atoms with Crippen molar-refractivity contribution in [3.8, 4) is 0 Å². The van der Waals surface area contributed by atoms with Crippen LogP contribution in [0.4, 0.5) is 0 Å². The molecule has 0 aliphatic heterocycles. The minimum Gasteiger partial charge on any atom is -0.310 e. The van der Waals surface area contributed by atoms with Gasteiger partial charge in [-0.25, -0.2) is 0 Å². The van der Waals surface area contributed by atoms with Gasteiger partial charge in [-0.1, -0.05) is 39.5 Å². The molecule has 0 radical (unpaired) electrons. The van der Waals surface area contributed by atoms with Gasteiger partial charge in [0.15, 0.2) is 0 Å². The molecule has 3 nitrogen and oxygen atoms in total. The molecule has 0 amide bonds. The Morgan fingerprint density at radius 3 is 2.37 bits per heavy atom. The van der Waals surface area contributed by atoms with E-state index in [1.807, 2.05) is 0 Å². The molecule has 0 saturated heterocycles. The molecule has 1 aliphatic carbocycles. The Labute approximate surface area is 117 Å². The van der Waals surface area contributed by atoms with Crippen LogP contribution in [0.3, 0.4) is 0 Å². The maximum absolute atomic E-state index is 4.83. The maximum Gasteiger partial charge on any atom is 0.0641 e. The number of nitrogens with one attached hydrogen (secondary N) is 1. The predicted molar refractivity (Wildman–Crippen MR) is 80.4 cm³/mol. The first-order valence-corrected chi connectivity index (χ1v) is 7.87. The van der Waals surface area contributed by atoms with Gasteiger partial charge in [0.1, 0.15) is 0 Å². The number of hydrogen-bond acceptors (Lipinski definition) is 2. The number of rotatable bonds is 4. The zero-order valence-electron chi connectivity index (χ0n) is 13.0. The molecule has 1 heterocycles. The van der Waals surface area contributed by atoms with E-state index >= 15 is 0 Å². The van der Waals surface area contributed by atoms with Gasteiger partial charge in [-0.15, -0.1) is 0 Å². The van der Waals surface area contributed by atoms with Crippen LogP contribution in [0.15, 0.2) is 0 Å². The summed E-state index contributed by atoms with van der Waals surface area (Å²) in [5.41, 5.74) is 3.98. The molecule has 19 heavy (non-hydrogen) atoms. The molecule has 1 aliphatic rings. The van der Waals surface area contributed by atoms with E-state index in [0.717, 1.165) is 6.54 Å². The second-order valence-corrected chi connectivity index (χ2v) is 6.27. The first-order chi connectivity index (χ1) is 9.09. The third-order valence-electron chi connectivity index (χ3n) is 4.33. The molecule has 108 valence electrons. The Bertz CT molecular complexity index is 398. The smallest absolute Gasteiger partial charge is 0.0641 e. The van der Waals surface area contributed by atoms with Gasteiger partial charge in [-0.3, -0.25) is 4.68 Å². The van der Waals surface area contributed by atoms with Crippen molar-refractivity contribution in [2.45, 2.75) is 84.8 Å². The zero-order valence-corrected chi connectivity index (χ0v) is 13.0. The van der Waals surface area contributed by atoms with E-state index < -0.39 is 0 Å². The van der Waals surface area contributed by atoms with Crippen molar-refractivity contribution < 1.29 is 0 Å². The van der Waals surface area contributed by atoms with Crippen LogP contribution in [0.2, 0.25) is 0 Å². The van der Waals surface area contributed by atoms with Crippen LogP contribution in [-0.2, 0) is 6.54 Å². The predicted octanol–water partition coefficient (Wildman–Crippen LogP) is 3.89. The first kappa shape index (κ1) is 14.6. The Hall–Kier alpha value is -0.830. The van der Waals surface area contributed by atoms with Gasteiger partial charge in [0.05, 0.1) is 11.7 Å². The fourth-order valence-corrected chi connectivity index (χ4v) is 3.12. The SMILES string of the molecule is Cc1nn(C2CCCCCC2)c(C)c1CNC(C)C. The Balaban J connectivity index is 2.14. The summed E-state index contributed by atoms with van der Waals surface area (Å²) in [5.74, 6) is 0. The molecule has 0 atom stereocenters. The fraction of sp³-hybridized carbons (Fsp3) is 0.812. The normalized spacial score (nSPS) is 17.9. The summed E-state index contributed by atoms with van der Waals surface area (Å²) >= 11 is 0. The standard InChI is InChI=1S/C16H29N3/c1-12(2)17-11-16-13(3)18-19(14(16)4)15-9-7-5-6-8-10-15/h12,15,17H,5-11H2,1-4H3. The van der Waals surface area contributed by atoms with Crippen molar-refractivity contribution in [1.29, 1.82) is 0 Å². The van der Waals surface area contributed by atoms with Crippen molar-refractivity contribution in [1.82, 2.24) is 15.1 Å². The summed E-state index contributed by atoms with van der Waals surface area (Å²) in [6.07, 6.45) is 8.14. The molecule has 0 spiro atoms. The highest BCUT2D eigenvalue weighted by molar-refractivity contribution is 5.25. The van der Waals surface area contributed by atoms with E-state index in [4.69, 9.17) is 5.10 Å². The topological polar surface area (TPSA) is 29.9 Å². The van der Waals surface area contributed by atoms with Crippen LogP contribution in [0.25, 0.3) is 0 Å². The van der Waals surface area contributed by atoms with Crippen molar-refractivity contribution in [2.75, 3.05) is 0 Å². The van der Waals surface area contributed by atoms with E-state index in [0.29, 0.717) is 12.1 Å². The fourth-order valence-electron chi connectivity index (χ4n) is 3.12. The third-order valence-corrected chi connectivity index (χ3v) is 4.33. The van der Waals surface area contributed by atoms with E-state index in [9.17, 15) is 0 Å². The summed E-state index contributed by atoms with van der Waals surface area (Å²) in [4.78, 5) is 0. The quantitative estimate of drug-likeness (QED) is 0.835. The van der Waals surface area contributed by atoms with Gasteiger partial charge in [-0.05, 0) is 26.7 Å². The number of hydrogen-bond donors (Lipinski definition) is 1. The Morgan fingerprint density at radius 1 is 1.16 bits per heavy atom. The largest absolute Gasteiger partial charge is 0.310 e. The summed E-state index contributed by atoms with van der Waals surface area (Å²) in [6, 6.07) is 1.16. The lowest BCUT2D eigenvalue weighted by atomic mass is 10.1. The lowest BCUT2D eigenvalue weighted by molar-refractivity contribution is 0.396. The molecule has 1 saturated carbocycles. The van der Waals surface area contributed by atoms with Gasteiger partial charge in [-0.2, -0.15) is 5.10 Å². The Morgan fingerprint density at radius 2 is 1.79 bits per heavy atom.